The molecule has 3 fully saturated rings. The Bertz CT molecular complexity index is 960. The van der Waals surface area contributed by atoms with Crippen molar-refractivity contribution in [3.05, 3.63) is 65.7 Å². The van der Waals surface area contributed by atoms with Crippen molar-refractivity contribution in [2.24, 2.45) is 11.8 Å². The number of rotatable bonds is 3. The number of carbonyl (C=O) groups excluding carboxylic acids is 3. The summed E-state index contributed by atoms with van der Waals surface area (Å²) in [5.41, 5.74) is 2.36. The van der Waals surface area contributed by atoms with Crippen LogP contribution in [-0.2, 0) is 4.79 Å². The lowest BCUT2D eigenvalue weighted by molar-refractivity contribution is -0.117. The smallest absolute Gasteiger partial charge is 0.329 e. The van der Waals surface area contributed by atoms with Crippen molar-refractivity contribution in [1.29, 1.82) is 0 Å². The maximum atomic E-state index is 13.4. The van der Waals surface area contributed by atoms with Crippen LogP contribution in [0.4, 0.5) is 10.5 Å². The lowest BCUT2D eigenvalue weighted by Gasteiger charge is -2.28. The highest BCUT2D eigenvalue weighted by Gasteiger charge is 2.46. The first-order valence-electron chi connectivity index (χ1n) is 9.90. The predicted octanol–water partition coefficient (Wildman–Crippen LogP) is 1.78. The molecule has 2 N–H and O–H groups in total. The summed E-state index contributed by atoms with van der Waals surface area (Å²) in [6, 6.07) is 16.8. The van der Waals surface area contributed by atoms with Gasteiger partial charge in [-0.15, -0.1) is 0 Å². The molecule has 0 aromatic heterocycles. The van der Waals surface area contributed by atoms with Gasteiger partial charge in [0.15, 0.2) is 0 Å². The molecule has 0 unspecified atom stereocenters. The van der Waals surface area contributed by atoms with Crippen LogP contribution in [0.25, 0.3) is 0 Å². The number of likely N-dealkylation sites (tertiary alicyclic amines) is 1. The van der Waals surface area contributed by atoms with Crippen LogP contribution in [0.1, 0.15) is 22.0 Å². The summed E-state index contributed by atoms with van der Waals surface area (Å²) in [4.78, 5) is 40.0. The van der Waals surface area contributed by atoms with E-state index in [-0.39, 0.29) is 24.4 Å². The summed E-state index contributed by atoms with van der Waals surface area (Å²) < 4.78 is 0. The normalized spacial score (nSPS) is 26.0. The summed E-state index contributed by atoms with van der Waals surface area (Å²) in [5, 5.41) is 5.72. The second kappa shape index (κ2) is 7.00. The van der Waals surface area contributed by atoms with Gasteiger partial charge in [0.25, 0.3) is 5.91 Å². The van der Waals surface area contributed by atoms with Crippen molar-refractivity contribution in [3.8, 4) is 0 Å². The number of benzene rings is 2. The number of nitrogens with one attached hydrogen (secondary N) is 2. The highest BCUT2D eigenvalue weighted by Crippen LogP contribution is 2.43. The maximum absolute atomic E-state index is 13.4. The minimum Gasteiger partial charge on any atom is -0.331 e. The zero-order valence-electron chi connectivity index (χ0n) is 15.9. The molecule has 0 radical (unpaired) electrons. The highest BCUT2D eigenvalue weighted by atomic mass is 16.2. The third-order valence-corrected chi connectivity index (χ3v) is 6.19. The molecule has 7 nitrogen and oxygen atoms in total. The van der Waals surface area contributed by atoms with Gasteiger partial charge >= 0.3 is 6.03 Å². The molecule has 3 saturated heterocycles. The standard InChI is InChI=1S/C22H22N4O3/c27-19-13-25(22(29)24-19)17-8-6-15(7-9-17)21(28)26-12-16-10-23-11-18(16)20(26)14-4-2-1-3-5-14/h1-9,16,18,20,23H,10-13H2,(H,24,27,29)/t16-,18-,20+/m0/s1. The number of imide groups is 1. The maximum Gasteiger partial charge on any atom is 0.329 e. The monoisotopic (exact) mass is 390 g/mol. The number of amides is 4. The molecule has 4 amide bonds. The van der Waals surface area contributed by atoms with Crippen LogP contribution in [0.5, 0.6) is 0 Å². The van der Waals surface area contributed by atoms with Crippen LogP contribution >= 0.6 is 0 Å². The van der Waals surface area contributed by atoms with Gasteiger partial charge in [-0.3, -0.25) is 19.8 Å². The van der Waals surface area contributed by atoms with Crippen LogP contribution in [0.2, 0.25) is 0 Å². The molecule has 2 aromatic carbocycles. The Balaban J connectivity index is 1.40. The Morgan fingerprint density at radius 3 is 2.41 bits per heavy atom. The Kier molecular flexibility index (Phi) is 4.32. The van der Waals surface area contributed by atoms with Gasteiger partial charge in [-0.2, -0.15) is 0 Å². The molecule has 2 aromatic rings. The van der Waals surface area contributed by atoms with E-state index in [4.69, 9.17) is 0 Å². The molecule has 0 spiro atoms. The van der Waals surface area contributed by atoms with Crippen LogP contribution < -0.4 is 15.5 Å². The minimum atomic E-state index is -0.432. The van der Waals surface area contributed by atoms with Crippen molar-refractivity contribution >= 4 is 23.5 Å². The Hall–Kier alpha value is -3.19. The van der Waals surface area contributed by atoms with E-state index in [1.807, 2.05) is 23.1 Å². The number of hydrogen-bond acceptors (Lipinski definition) is 4. The lowest BCUT2D eigenvalue weighted by atomic mass is 9.89. The first kappa shape index (κ1) is 17.9. The van der Waals surface area contributed by atoms with Gasteiger partial charge in [0.2, 0.25) is 5.91 Å². The summed E-state index contributed by atoms with van der Waals surface area (Å²) >= 11 is 0. The van der Waals surface area contributed by atoms with Gasteiger partial charge in [-0.1, -0.05) is 30.3 Å². The van der Waals surface area contributed by atoms with Crippen molar-refractivity contribution in [1.82, 2.24) is 15.5 Å². The quantitative estimate of drug-likeness (QED) is 0.783. The molecular weight excluding hydrogens is 368 g/mol. The van der Waals surface area contributed by atoms with Crippen molar-refractivity contribution < 1.29 is 14.4 Å². The topological polar surface area (TPSA) is 81.8 Å². The number of hydrogen-bond donors (Lipinski definition) is 2. The van der Waals surface area contributed by atoms with Crippen molar-refractivity contribution in [2.75, 3.05) is 31.1 Å². The number of nitrogens with zero attached hydrogens (tertiary/aromatic N) is 2. The third kappa shape index (κ3) is 3.07. The average molecular weight is 390 g/mol. The van der Waals surface area contributed by atoms with Crippen molar-refractivity contribution in [3.63, 3.8) is 0 Å². The van der Waals surface area contributed by atoms with Crippen molar-refractivity contribution in [2.45, 2.75) is 6.04 Å². The fourth-order valence-corrected chi connectivity index (χ4v) is 4.81. The Labute approximate surface area is 168 Å². The summed E-state index contributed by atoms with van der Waals surface area (Å²) in [6.07, 6.45) is 0. The highest BCUT2D eigenvalue weighted by molar-refractivity contribution is 6.12. The zero-order valence-corrected chi connectivity index (χ0v) is 15.9. The van der Waals surface area contributed by atoms with Gasteiger partial charge in [-0.05, 0) is 35.7 Å². The molecule has 0 aliphatic carbocycles. The van der Waals surface area contributed by atoms with Gasteiger partial charge in [0, 0.05) is 36.8 Å². The summed E-state index contributed by atoms with van der Waals surface area (Å²) in [5.74, 6) is 0.558. The number of anilines is 1. The van der Waals surface area contributed by atoms with Crippen LogP contribution in [0.15, 0.2) is 54.6 Å². The molecular formula is C22H22N4O3. The zero-order chi connectivity index (χ0) is 20.0. The molecule has 29 heavy (non-hydrogen) atoms. The largest absolute Gasteiger partial charge is 0.331 e. The minimum absolute atomic E-state index is 0.00162. The van der Waals surface area contributed by atoms with E-state index in [0.29, 0.717) is 23.1 Å². The molecule has 5 rings (SSSR count). The molecule has 3 heterocycles. The van der Waals surface area contributed by atoms with E-state index in [0.717, 1.165) is 19.6 Å². The van der Waals surface area contributed by atoms with Gasteiger partial charge in [0.05, 0.1) is 6.04 Å². The SMILES string of the molecule is O=C1CN(c2ccc(C(=O)N3C[C@@H]4CNC[C@@H]4[C@H]3c3ccccc3)cc2)C(=O)N1. The van der Waals surface area contributed by atoms with Gasteiger partial charge in [-0.25, -0.2) is 4.79 Å². The molecule has 0 saturated carbocycles. The predicted molar refractivity (Wildman–Crippen MR) is 107 cm³/mol. The molecule has 3 aliphatic heterocycles. The molecule has 3 atom stereocenters. The van der Waals surface area contributed by atoms with Crippen LogP contribution in [0, 0.1) is 11.8 Å². The second-order valence-electron chi connectivity index (χ2n) is 7.88. The van der Waals surface area contributed by atoms with E-state index in [2.05, 4.69) is 22.8 Å². The Morgan fingerprint density at radius 2 is 1.72 bits per heavy atom. The summed E-state index contributed by atoms with van der Waals surface area (Å²) in [6.45, 7) is 2.60. The fraction of sp³-hybridized carbons (Fsp3) is 0.318. The van der Waals surface area contributed by atoms with E-state index in [1.54, 1.807) is 24.3 Å². The van der Waals surface area contributed by atoms with Crippen LogP contribution in [-0.4, -0.2) is 48.9 Å². The van der Waals surface area contributed by atoms with E-state index >= 15 is 0 Å². The molecule has 7 heteroatoms. The lowest BCUT2D eigenvalue weighted by Crippen LogP contribution is -2.34. The van der Waals surface area contributed by atoms with Gasteiger partial charge < -0.3 is 10.2 Å². The second-order valence-corrected chi connectivity index (χ2v) is 7.88. The van der Waals surface area contributed by atoms with E-state index in [9.17, 15) is 14.4 Å². The summed E-state index contributed by atoms with van der Waals surface area (Å²) in [7, 11) is 0. The molecule has 3 aliphatic rings. The third-order valence-electron chi connectivity index (χ3n) is 6.19. The Morgan fingerprint density at radius 1 is 0.966 bits per heavy atom. The van der Waals surface area contributed by atoms with E-state index in [1.165, 1.54) is 10.5 Å². The van der Waals surface area contributed by atoms with E-state index < -0.39 is 6.03 Å². The fourth-order valence-electron chi connectivity index (χ4n) is 4.81. The van der Waals surface area contributed by atoms with Gasteiger partial charge in [0.1, 0.15) is 6.54 Å². The molecule has 0 bridgehead atoms. The number of carbonyl (C=O) groups is 3. The average Bonchev–Trinajstić information content (AvgIpc) is 3.42. The number of urea groups is 1. The first-order chi connectivity index (χ1) is 14.1. The first-order valence-corrected chi connectivity index (χ1v) is 9.90. The van der Waals surface area contributed by atoms with Crippen LogP contribution in [0.3, 0.4) is 0 Å². The molecule has 148 valence electrons. The number of fused-ring (bicyclic) bond motifs is 1.